The minimum Gasteiger partial charge on any atom is -0.351 e. The van der Waals surface area contributed by atoms with Crippen LogP contribution < -0.4 is 5.32 Å². The van der Waals surface area contributed by atoms with Gasteiger partial charge in [-0.3, -0.25) is 4.79 Å². The molecule has 1 aliphatic rings. The smallest absolute Gasteiger partial charge is 0.256 e. The van der Waals surface area contributed by atoms with Gasteiger partial charge in [-0.2, -0.15) is 5.10 Å². The zero-order valence-electron chi connectivity index (χ0n) is 16.0. The molecule has 0 aliphatic heterocycles. The van der Waals surface area contributed by atoms with Gasteiger partial charge in [-0.05, 0) is 37.5 Å². The van der Waals surface area contributed by atoms with Crippen LogP contribution in [0.4, 0.5) is 0 Å². The van der Waals surface area contributed by atoms with Gasteiger partial charge in [-0.25, -0.2) is 4.68 Å². The highest BCUT2D eigenvalue weighted by Crippen LogP contribution is 2.40. The SMILES string of the molecule is Cc1nn(-c2ccccc2)c(Cl)c1C(=O)NCC1(c2ccccc2)CCCC1. The van der Waals surface area contributed by atoms with Crippen LogP contribution in [0, 0.1) is 6.92 Å². The molecule has 0 atom stereocenters. The number of nitrogens with zero attached hydrogens (tertiary/aromatic N) is 2. The number of amides is 1. The molecule has 1 N–H and O–H groups in total. The van der Waals surface area contributed by atoms with Crippen LogP contribution >= 0.6 is 11.6 Å². The fraction of sp³-hybridized carbons (Fsp3) is 0.304. The van der Waals surface area contributed by atoms with Crippen LogP contribution in [0.1, 0.15) is 47.3 Å². The Morgan fingerprint density at radius 1 is 1.07 bits per heavy atom. The van der Waals surface area contributed by atoms with E-state index in [0.29, 0.717) is 23.0 Å². The summed E-state index contributed by atoms with van der Waals surface area (Å²) in [7, 11) is 0. The fourth-order valence-corrected chi connectivity index (χ4v) is 4.60. The lowest BCUT2D eigenvalue weighted by Gasteiger charge is -2.30. The highest BCUT2D eigenvalue weighted by atomic mass is 35.5. The summed E-state index contributed by atoms with van der Waals surface area (Å²) in [6.07, 6.45) is 4.56. The van der Waals surface area contributed by atoms with E-state index < -0.39 is 0 Å². The van der Waals surface area contributed by atoms with Crippen molar-refractivity contribution in [2.75, 3.05) is 6.54 Å². The molecule has 3 aromatic rings. The molecule has 1 aliphatic carbocycles. The van der Waals surface area contributed by atoms with E-state index in [-0.39, 0.29) is 11.3 Å². The van der Waals surface area contributed by atoms with Crippen LogP contribution in [0.15, 0.2) is 60.7 Å². The fourth-order valence-electron chi connectivity index (χ4n) is 4.25. The van der Waals surface area contributed by atoms with Gasteiger partial charge in [-0.1, -0.05) is 73.0 Å². The van der Waals surface area contributed by atoms with E-state index in [9.17, 15) is 4.79 Å². The molecule has 28 heavy (non-hydrogen) atoms. The predicted octanol–water partition coefficient (Wildman–Crippen LogP) is 5.08. The van der Waals surface area contributed by atoms with Crippen LogP contribution in [-0.4, -0.2) is 22.2 Å². The summed E-state index contributed by atoms with van der Waals surface area (Å²) in [6.45, 7) is 2.44. The Balaban J connectivity index is 1.57. The standard InChI is InChI=1S/C23H24ClN3O/c1-17-20(21(24)27(26-17)19-12-6-3-7-13-19)22(28)25-16-23(14-8-9-15-23)18-10-4-2-5-11-18/h2-7,10-13H,8-9,14-16H2,1H3,(H,25,28). The van der Waals surface area contributed by atoms with Gasteiger partial charge in [0, 0.05) is 12.0 Å². The van der Waals surface area contributed by atoms with Crippen molar-refractivity contribution >= 4 is 17.5 Å². The normalized spacial score (nSPS) is 15.5. The molecular weight excluding hydrogens is 370 g/mol. The average molecular weight is 394 g/mol. The predicted molar refractivity (Wildman–Crippen MR) is 112 cm³/mol. The maximum absolute atomic E-state index is 13.0. The molecule has 1 saturated carbocycles. The number of aryl methyl sites for hydroxylation is 1. The Bertz CT molecular complexity index is 960. The Kier molecular flexibility index (Phi) is 5.23. The molecule has 0 unspecified atom stereocenters. The largest absolute Gasteiger partial charge is 0.351 e. The highest BCUT2D eigenvalue weighted by molar-refractivity contribution is 6.33. The Hall–Kier alpha value is -2.59. The van der Waals surface area contributed by atoms with Crippen molar-refractivity contribution in [3.05, 3.63) is 82.6 Å². The van der Waals surface area contributed by atoms with E-state index in [1.807, 2.05) is 43.3 Å². The van der Waals surface area contributed by atoms with E-state index in [1.165, 1.54) is 18.4 Å². The summed E-state index contributed by atoms with van der Waals surface area (Å²) < 4.78 is 1.62. The summed E-state index contributed by atoms with van der Waals surface area (Å²) in [5.41, 5.74) is 3.23. The number of carbonyl (C=O) groups is 1. The second-order valence-corrected chi connectivity index (χ2v) is 7.89. The number of rotatable bonds is 5. The second kappa shape index (κ2) is 7.80. The summed E-state index contributed by atoms with van der Waals surface area (Å²) in [5, 5.41) is 7.98. The molecule has 2 aromatic carbocycles. The molecule has 1 amide bonds. The third kappa shape index (κ3) is 3.45. The number of nitrogens with one attached hydrogen (secondary N) is 1. The lowest BCUT2D eigenvalue weighted by Crippen LogP contribution is -2.39. The van der Waals surface area contributed by atoms with Gasteiger partial charge in [0.25, 0.3) is 5.91 Å². The number of carbonyl (C=O) groups excluding carboxylic acids is 1. The van der Waals surface area contributed by atoms with Crippen molar-refractivity contribution in [2.24, 2.45) is 0 Å². The first-order valence-electron chi connectivity index (χ1n) is 9.75. The number of hydrogen-bond donors (Lipinski definition) is 1. The van der Waals surface area contributed by atoms with Crippen molar-refractivity contribution in [3.8, 4) is 5.69 Å². The van der Waals surface area contributed by atoms with Crippen molar-refractivity contribution in [1.29, 1.82) is 0 Å². The third-order valence-corrected chi connectivity index (χ3v) is 6.12. The van der Waals surface area contributed by atoms with Crippen LogP contribution in [0.3, 0.4) is 0 Å². The maximum Gasteiger partial charge on any atom is 0.256 e. The van der Waals surface area contributed by atoms with Gasteiger partial charge in [0.2, 0.25) is 0 Å². The van der Waals surface area contributed by atoms with Crippen molar-refractivity contribution in [2.45, 2.75) is 38.0 Å². The van der Waals surface area contributed by atoms with E-state index in [1.54, 1.807) is 4.68 Å². The molecular formula is C23H24ClN3O. The molecule has 4 nitrogen and oxygen atoms in total. The van der Waals surface area contributed by atoms with Gasteiger partial charge < -0.3 is 5.32 Å². The van der Waals surface area contributed by atoms with Gasteiger partial charge in [0.05, 0.1) is 16.9 Å². The topological polar surface area (TPSA) is 46.9 Å². The Labute approximate surface area is 170 Å². The van der Waals surface area contributed by atoms with Crippen LogP contribution in [0.5, 0.6) is 0 Å². The second-order valence-electron chi connectivity index (χ2n) is 7.53. The Morgan fingerprint density at radius 2 is 1.68 bits per heavy atom. The highest BCUT2D eigenvalue weighted by Gasteiger charge is 2.36. The molecule has 0 spiro atoms. The van der Waals surface area contributed by atoms with E-state index in [2.05, 4.69) is 34.7 Å². The maximum atomic E-state index is 13.0. The molecule has 144 valence electrons. The first-order chi connectivity index (χ1) is 13.6. The van der Waals surface area contributed by atoms with Gasteiger partial charge in [-0.15, -0.1) is 0 Å². The van der Waals surface area contributed by atoms with Crippen LogP contribution in [0.2, 0.25) is 5.15 Å². The van der Waals surface area contributed by atoms with Crippen LogP contribution in [0.25, 0.3) is 5.69 Å². The lowest BCUT2D eigenvalue weighted by molar-refractivity contribution is 0.0942. The van der Waals surface area contributed by atoms with Crippen LogP contribution in [-0.2, 0) is 5.41 Å². The number of benzene rings is 2. The molecule has 5 heteroatoms. The van der Waals surface area contributed by atoms with E-state index in [0.717, 1.165) is 18.5 Å². The molecule has 0 bridgehead atoms. The van der Waals surface area contributed by atoms with Crippen molar-refractivity contribution < 1.29 is 4.79 Å². The monoisotopic (exact) mass is 393 g/mol. The summed E-state index contributed by atoms with van der Waals surface area (Å²) in [5.74, 6) is -0.160. The van der Waals surface area contributed by atoms with E-state index >= 15 is 0 Å². The summed E-state index contributed by atoms with van der Waals surface area (Å²) in [4.78, 5) is 13.0. The minimum atomic E-state index is -0.160. The molecule has 1 heterocycles. The first kappa shape index (κ1) is 18.8. The Morgan fingerprint density at radius 3 is 2.32 bits per heavy atom. The van der Waals surface area contributed by atoms with Crippen molar-refractivity contribution in [3.63, 3.8) is 0 Å². The number of aromatic nitrogens is 2. The lowest BCUT2D eigenvalue weighted by atomic mass is 9.79. The zero-order chi connectivity index (χ0) is 19.6. The summed E-state index contributed by atoms with van der Waals surface area (Å²) in [6, 6.07) is 20.1. The minimum absolute atomic E-state index is 0.00667. The first-order valence-corrected chi connectivity index (χ1v) is 10.1. The number of para-hydroxylation sites is 1. The molecule has 0 radical (unpaired) electrons. The quantitative estimate of drug-likeness (QED) is 0.657. The third-order valence-electron chi connectivity index (χ3n) is 5.77. The van der Waals surface area contributed by atoms with Crippen molar-refractivity contribution in [1.82, 2.24) is 15.1 Å². The molecule has 0 saturated heterocycles. The van der Waals surface area contributed by atoms with Gasteiger partial charge >= 0.3 is 0 Å². The summed E-state index contributed by atoms with van der Waals surface area (Å²) >= 11 is 6.55. The molecule has 1 aromatic heterocycles. The van der Waals surface area contributed by atoms with Gasteiger partial charge in [0.15, 0.2) is 0 Å². The zero-order valence-corrected chi connectivity index (χ0v) is 16.7. The molecule has 1 fully saturated rings. The van der Waals surface area contributed by atoms with Gasteiger partial charge in [0.1, 0.15) is 5.15 Å². The average Bonchev–Trinajstić information content (AvgIpc) is 3.33. The van der Waals surface area contributed by atoms with E-state index in [4.69, 9.17) is 11.6 Å². The number of halogens is 1. The number of hydrogen-bond acceptors (Lipinski definition) is 2. The molecule has 4 rings (SSSR count).